The number of H-pyrrole nitrogens is 1. The van der Waals surface area contributed by atoms with Crippen molar-refractivity contribution in [3.8, 4) is 0 Å². The van der Waals surface area contributed by atoms with Crippen molar-refractivity contribution >= 4 is 46.0 Å². The van der Waals surface area contributed by atoms with Crippen LogP contribution in [0, 0.1) is 0 Å². The van der Waals surface area contributed by atoms with E-state index in [0.717, 1.165) is 16.9 Å². The van der Waals surface area contributed by atoms with Crippen LogP contribution in [0.15, 0.2) is 31.2 Å². The van der Waals surface area contributed by atoms with Crippen LogP contribution in [0.3, 0.4) is 0 Å². The van der Waals surface area contributed by atoms with Gasteiger partial charge in [-0.15, -0.1) is 0 Å². The van der Waals surface area contributed by atoms with E-state index in [4.69, 9.17) is 16.3 Å². The van der Waals surface area contributed by atoms with E-state index in [0.29, 0.717) is 48.2 Å². The van der Waals surface area contributed by atoms with Crippen LogP contribution in [0.4, 0.5) is 16.4 Å². The highest BCUT2D eigenvalue weighted by molar-refractivity contribution is 6.34. The summed E-state index contributed by atoms with van der Waals surface area (Å²) in [5, 5.41) is 4.07. The van der Waals surface area contributed by atoms with Gasteiger partial charge in [0.25, 0.3) is 0 Å². The lowest BCUT2D eigenvalue weighted by Crippen LogP contribution is -2.50. The van der Waals surface area contributed by atoms with E-state index in [2.05, 4.69) is 42.1 Å². The third kappa shape index (κ3) is 4.55. The molecule has 1 aliphatic heterocycles. The van der Waals surface area contributed by atoms with Crippen LogP contribution < -0.4 is 10.2 Å². The standard InChI is InChI=1S/C23H28ClN9O2/c1-14(30-20-18-19(27-11-26-18)28-12-29-20)15-9-16(24)17-10-25-13-33(17)21(15)31-5-7-32(8-6-31)22(34)35-23(2,3)4/h9-14H,5-8H2,1-4H3,(H2,26,27,28,29,30). The van der Waals surface area contributed by atoms with Gasteiger partial charge in [0.1, 0.15) is 29.6 Å². The predicted molar refractivity (Wildman–Crippen MR) is 134 cm³/mol. The lowest BCUT2D eigenvalue weighted by Gasteiger charge is -2.38. The van der Waals surface area contributed by atoms with Gasteiger partial charge in [-0.3, -0.25) is 4.40 Å². The Balaban J connectivity index is 1.44. The molecular weight excluding hydrogens is 470 g/mol. The van der Waals surface area contributed by atoms with E-state index in [1.807, 2.05) is 31.2 Å². The van der Waals surface area contributed by atoms with E-state index in [-0.39, 0.29) is 12.1 Å². The molecule has 1 aliphatic rings. The number of pyridine rings is 1. The van der Waals surface area contributed by atoms with E-state index in [1.54, 1.807) is 23.8 Å². The molecule has 1 saturated heterocycles. The molecule has 0 saturated carbocycles. The number of nitrogens with one attached hydrogen (secondary N) is 2. The zero-order chi connectivity index (χ0) is 24.7. The van der Waals surface area contributed by atoms with Crippen molar-refractivity contribution in [2.45, 2.75) is 39.3 Å². The summed E-state index contributed by atoms with van der Waals surface area (Å²) in [5.74, 6) is 1.60. The molecule has 1 unspecified atom stereocenters. The van der Waals surface area contributed by atoms with Crippen molar-refractivity contribution in [2.24, 2.45) is 0 Å². The van der Waals surface area contributed by atoms with Gasteiger partial charge in [-0.1, -0.05) is 11.6 Å². The van der Waals surface area contributed by atoms with Crippen LogP contribution in [0.1, 0.15) is 39.3 Å². The van der Waals surface area contributed by atoms with Gasteiger partial charge in [0, 0.05) is 31.7 Å². The highest BCUT2D eigenvalue weighted by Gasteiger charge is 2.29. The Morgan fingerprint density at radius 2 is 1.97 bits per heavy atom. The molecule has 4 aromatic rings. The fourth-order valence-electron chi connectivity index (χ4n) is 4.29. The molecule has 0 aliphatic carbocycles. The first-order valence-electron chi connectivity index (χ1n) is 11.5. The minimum absolute atomic E-state index is 0.159. The average molecular weight is 498 g/mol. The third-order valence-corrected chi connectivity index (χ3v) is 6.22. The number of halogens is 1. The Bertz CT molecular complexity index is 1370. The van der Waals surface area contributed by atoms with Gasteiger partial charge in [-0.05, 0) is 33.8 Å². The fraction of sp³-hybridized carbons (Fsp3) is 0.435. The van der Waals surface area contributed by atoms with Gasteiger partial charge in [0.15, 0.2) is 11.5 Å². The second kappa shape index (κ2) is 8.88. The Morgan fingerprint density at radius 3 is 2.71 bits per heavy atom. The number of aromatic amines is 1. The fourth-order valence-corrected chi connectivity index (χ4v) is 4.55. The lowest BCUT2D eigenvalue weighted by molar-refractivity contribution is 0.0240. The molecule has 1 atom stereocenters. The number of hydrogen-bond donors (Lipinski definition) is 2. The van der Waals surface area contributed by atoms with Crippen LogP contribution >= 0.6 is 11.6 Å². The van der Waals surface area contributed by atoms with Crippen molar-refractivity contribution in [2.75, 3.05) is 36.4 Å². The first-order valence-corrected chi connectivity index (χ1v) is 11.9. The summed E-state index contributed by atoms with van der Waals surface area (Å²) < 4.78 is 7.56. The number of hydrogen-bond acceptors (Lipinski definition) is 8. The summed E-state index contributed by atoms with van der Waals surface area (Å²) in [6.45, 7) is 10.1. The van der Waals surface area contributed by atoms with Crippen LogP contribution in [0.25, 0.3) is 16.7 Å². The van der Waals surface area contributed by atoms with Gasteiger partial charge in [-0.2, -0.15) is 0 Å². The molecule has 11 nitrogen and oxygen atoms in total. The average Bonchev–Trinajstić information content (AvgIpc) is 3.48. The van der Waals surface area contributed by atoms with Gasteiger partial charge < -0.3 is 24.8 Å². The topological polar surface area (TPSA) is 117 Å². The summed E-state index contributed by atoms with van der Waals surface area (Å²) in [6.07, 6.45) is 6.33. The maximum absolute atomic E-state index is 12.6. The maximum atomic E-state index is 12.6. The summed E-state index contributed by atoms with van der Waals surface area (Å²) in [6, 6.07) is 1.81. The van der Waals surface area contributed by atoms with Crippen LogP contribution in [-0.4, -0.2) is 72.1 Å². The number of nitrogens with zero attached hydrogens (tertiary/aromatic N) is 7. The number of imidazole rings is 2. The van der Waals surface area contributed by atoms with E-state index in [1.165, 1.54) is 6.33 Å². The van der Waals surface area contributed by atoms with Gasteiger partial charge in [-0.25, -0.2) is 24.7 Å². The molecule has 4 aromatic heterocycles. The number of piperazine rings is 1. The highest BCUT2D eigenvalue weighted by Crippen LogP contribution is 2.35. The Labute approximate surface area is 207 Å². The third-order valence-electron chi connectivity index (χ3n) is 5.92. The number of rotatable bonds is 4. The quantitative estimate of drug-likeness (QED) is 0.436. The number of anilines is 2. The minimum atomic E-state index is -0.525. The molecule has 35 heavy (non-hydrogen) atoms. The summed E-state index contributed by atoms with van der Waals surface area (Å²) >= 11 is 6.65. The summed E-state index contributed by atoms with van der Waals surface area (Å²) in [4.78, 5) is 36.8. The molecule has 0 radical (unpaired) electrons. The highest BCUT2D eigenvalue weighted by atomic mass is 35.5. The smallest absolute Gasteiger partial charge is 0.410 e. The predicted octanol–water partition coefficient (Wildman–Crippen LogP) is 3.88. The molecule has 5 rings (SSSR count). The van der Waals surface area contributed by atoms with Crippen molar-refractivity contribution in [1.29, 1.82) is 0 Å². The maximum Gasteiger partial charge on any atom is 0.410 e. The number of amides is 1. The summed E-state index contributed by atoms with van der Waals surface area (Å²) in [7, 11) is 0. The molecule has 1 fully saturated rings. The van der Waals surface area contributed by atoms with E-state index in [9.17, 15) is 4.79 Å². The Hall–Kier alpha value is -3.60. The normalized spacial score (nSPS) is 15.6. The van der Waals surface area contributed by atoms with Gasteiger partial charge >= 0.3 is 6.09 Å². The van der Waals surface area contributed by atoms with Crippen LogP contribution in [-0.2, 0) is 4.74 Å². The van der Waals surface area contributed by atoms with Crippen LogP contribution in [0.5, 0.6) is 0 Å². The molecule has 184 valence electrons. The second-order valence-corrected chi connectivity index (χ2v) is 9.97. The SMILES string of the molecule is CC(Nc1ncnc2[nH]cnc12)c1cc(Cl)c2cncn2c1N1CCN(C(=O)OC(C)(C)C)CC1. The number of carbonyl (C=O) groups is 1. The molecule has 2 N–H and O–H groups in total. The second-order valence-electron chi connectivity index (χ2n) is 9.56. The van der Waals surface area contributed by atoms with E-state index < -0.39 is 5.60 Å². The first-order chi connectivity index (χ1) is 16.7. The molecular formula is C23H28ClN9O2. The number of carbonyl (C=O) groups excluding carboxylic acids is 1. The zero-order valence-electron chi connectivity index (χ0n) is 20.1. The molecule has 0 spiro atoms. The Morgan fingerprint density at radius 1 is 1.20 bits per heavy atom. The van der Waals surface area contributed by atoms with Crippen molar-refractivity contribution in [1.82, 2.24) is 34.2 Å². The largest absolute Gasteiger partial charge is 0.444 e. The first kappa shape index (κ1) is 23.2. The molecule has 5 heterocycles. The van der Waals surface area contributed by atoms with Gasteiger partial charge in [0.05, 0.1) is 29.1 Å². The molecule has 1 amide bonds. The van der Waals surface area contributed by atoms with Crippen molar-refractivity contribution < 1.29 is 9.53 Å². The number of ether oxygens (including phenoxy) is 1. The van der Waals surface area contributed by atoms with Crippen LogP contribution in [0.2, 0.25) is 5.02 Å². The van der Waals surface area contributed by atoms with Crippen molar-refractivity contribution in [3.05, 3.63) is 41.8 Å². The lowest BCUT2D eigenvalue weighted by atomic mass is 10.1. The molecule has 0 aromatic carbocycles. The summed E-state index contributed by atoms with van der Waals surface area (Å²) in [5.41, 5.74) is 2.61. The monoisotopic (exact) mass is 497 g/mol. The number of aromatic nitrogens is 6. The molecule has 0 bridgehead atoms. The van der Waals surface area contributed by atoms with Gasteiger partial charge in [0.2, 0.25) is 0 Å². The molecule has 12 heteroatoms. The van der Waals surface area contributed by atoms with Crippen molar-refractivity contribution in [3.63, 3.8) is 0 Å². The minimum Gasteiger partial charge on any atom is -0.444 e. The zero-order valence-corrected chi connectivity index (χ0v) is 20.9. The Kier molecular flexibility index (Phi) is 5.87. The number of fused-ring (bicyclic) bond motifs is 2. The van der Waals surface area contributed by atoms with E-state index >= 15 is 0 Å².